The number of aromatic nitrogens is 2. The monoisotopic (exact) mass is 471 g/mol. The molecule has 0 aliphatic rings. The molecular formula is C24H27FN3O4P. The number of carbonyl (C=O) groups excluding carboxylic acids is 1. The molecule has 3 rings (SSSR count). The zero-order chi connectivity index (χ0) is 24.2. The van der Waals surface area contributed by atoms with E-state index >= 15 is 0 Å². The molecule has 1 heterocycles. The molecule has 0 spiro atoms. The predicted octanol–water partition coefficient (Wildman–Crippen LogP) is 5.07. The lowest BCUT2D eigenvalue weighted by molar-refractivity contribution is -0.111. The fourth-order valence-electron chi connectivity index (χ4n) is 4.01. The van der Waals surface area contributed by atoms with Crippen molar-refractivity contribution >= 4 is 25.3 Å². The van der Waals surface area contributed by atoms with Gasteiger partial charge < -0.3 is 15.1 Å². The van der Waals surface area contributed by atoms with Crippen LogP contribution in [0.1, 0.15) is 37.8 Å². The highest BCUT2D eigenvalue weighted by molar-refractivity contribution is 7.53. The predicted molar refractivity (Wildman–Crippen MR) is 127 cm³/mol. The summed E-state index contributed by atoms with van der Waals surface area (Å²) >= 11 is 0. The SMILES string of the molecule is CCC(CC)(c1cccc(NC(=O)/C=C/c2cnn(C)c2-c2ccc(F)cc2)c1)P(=O)(O)O. The molecule has 3 aromatic rings. The van der Waals surface area contributed by atoms with Gasteiger partial charge in [-0.1, -0.05) is 26.0 Å². The van der Waals surface area contributed by atoms with Gasteiger partial charge in [0.15, 0.2) is 0 Å². The fraction of sp³-hybridized carbons (Fsp3) is 0.250. The summed E-state index contributed by atoms with van der Waals surface area (Å²) in [5, 5.41) is 5.66. The third kappa shape index (κ3) is 5.14. The Hall–Kier alpha value is -3.06. The van der Waals surface area contributed by atoms with E-state index in [0.717, 1.165) is 11.3 Å². The normalized spacial score (nSPS) is 12.3. The lowest BCUT2D eigenvalue weighted by Gasteiger charge is -2.33. The molecule has 0 saturated carbocycles. The van der Waals surface area contributed by atoms with E-state index in [0.29, 0.717) is 16.8 Å². The van der Waals surface area contributed by atoms with Gasteiger partial charge in [0, 0.05) is 29.9 Å². The van der Waals surface area contributed by atoms with Crippen LogP contribution in [0.15, 0.2) is 60.8 Å². The summed E-state index contributed by atoms with van der Waals surface area (Å²) in [6, 6.07) is 12.6. The van der Waals surface area contributed by atoms with E-state index in [9.17, 15) is 23.5 Å². The summed E-state index contributed by atoms with van der Waals surface area (Å²) < 4.78 is 27.2. The first kappa shape index (κ1) is 24.6. The summed E-state index contributed by atoms with van der Waals surface area (Å²) in [7, 11) is -2.67. The van der Waals surface area contributed by atoms with Crippen molar-refractivity contribution < 1.29 is 23.5 Å². The maximum Gasteiger partial charge on any atom is 0.335 e. The highest BCUT2D eigenvalue weighted by Gasteiger charge is 2.45. The van der Waals surface area contributed by atoms with Gasteiger partial charge in [-0.05, 0) is 60.9 Å². The Labute approximate surface area is 192 Å². The van der Waals surface area contributed by atoms with Crippen molar-refractivity contribution in [1.82, 2.24) is 9.78 Å². The van der Waals surface area contributed by atoms with E-state index in [4.69, 9.17) is 0 Å². The molecule has 1 amide bonds. The highest BCUT2D eigenvalue weighted by Crippen LogP contribution is 2.61. The first-order valence-corrected chi connectivity index (χ1v) is 12.2. The Morgan fingerprint density at radius 1 is 1.18 bits per heavy atom. The lowest BCUT2D eigenvalue weighted by atomic mass is 9.92. The zero-order valence-corrected chi connectivity index (χ0v) is 19.6. The van der Waals surface area contributed by atoms with Crippen molar-refractivity contribution in [1.29, 1.82) is 0 Å². The topological polar surface area (TPSA) is 104 Å². The minimum atomic E-state index is -4.43. The maximum absolute atomic E-state index is 13.3. The van der Waals surface area contributed by atoms with Crippen molar-refractivity contribution in [2.24, 2.45) is 7.05 Å². The lowest BCUT2D eigenvalue weighted by Crippen LogP contribution is -2.24. The van der Waals surface area contributed by atoms with Gasteiger partial charge in [0.1, 0.15) is 5.82 Å². The molecule has 0 aliphatic heterocycles. The quantitative estimate of drug-likeness (QED) is 0.314. The molecule has 7 nitrogen and oxygen atoms in total. The summed E-state index contributed by atoms with van der Waals surface area (Å²) in [6.07, 6.45) is 5.10. The van der Waals surface area contributed by atoms with Gasteiger partial charge in [0.2, 0.25) is 5.91 Å². The second kappa shape index (κ2) is 9.83. The molecule has 3 N–H and O–H groups in total. The molecule has 1 aromatic heterocycles. The number of carbonyl (C=O) groups is 1. The summed E-state index contributed by atoms with van der Waals surface area (Å²) in [6.45, 7) is 3.48. The molecule has 174 valence electrons. The molecule has 0 saturated heterocycles. The number of aryl methyl sites for hydroxylation is 1. The van der Waals surface area contributed by atoms with Gasteiger partial charge in [0.25, 0.3) is 0 Å². The van der Waals surface area contributed by atoms with Crippen molar-refractivity contribution in [2.75, 3.05) is 5.32 Å². The van der Waals surface area contributed by atoms with Crippen molar-refractivity contribution in [3.8, 4) is 11.3 Å². The average molecular weight is 471 g/mol. The fourth-order valence-corrected chi connectivity index (χ4v) is 5.31. The van der Waals surface area contributed by atoms with E-state index in [1.165, 1.54) is 18.2 Å². The Morgan fingerprint density at radius 3 is 2.45 bits per heavy atom. The molecule has 2 aromatic carbocycles. The van der Waals surface area contributed by atoms with Crippen LogP contribution < -0.4 is 5.32 Å². The van der Waals surface area contributed by atoms with Crippen LogP contribution in [-0.4, -0.2) is 25.5 Å². The van der Waals surface area contributed by atoms with Crippen molar-refractivity contribution in [3.63, 3.8) is 0 Å². The third-order valence-electron chi connectivity index (χ3n) is 5.89. The first-order valence-electron chi connectivity index (χ1n) is 10.5. The highest BCUT2D eigenvalue weighted by atomic mass is 31.2. The van der Waals surface area contributed by atoms with Crippen LogP contribution in [0.5, 0.6) is 0 Å². The zero-order valence-electron chi connectivity index (χ0n) is 18.7. The van der Waals surface area contributed by atoms with Crippen molar-refractivity contribution in [3.05, 3.63) is 77.7 Å². The molecule has 9 heteroatoms. The van der Waals surface area contributed by atoms with Crippen LogP contribution >= 0.6 is 7.60 Å². The van der Waals surface area contributed by atoms with E-state index in [1.54, 1.807) is 74.2 Å². The molecule has 0 aliphatic carbocycles. The molecule has 0 unspecified atom stereocenters. The van der Waals surface area contributed by atoms with Gasteiger partial charge >= 0.3 is 7.60 Å². The number of rotatable bonds is 8. The minimum absolute atomic E-state index is 0.262. The Morgan fingerprint density at radius 2 is 1.85 bits per heavy atom. The Kier molecular flexibility index (Phi) is 7.32. The van der Waals surface area contributed by atoms with Crippen LogP contribution in [0.25, 0.3) is 17.3 Å². The van der Waals surface area contributed by atoms with Crippen molar-refractivity contribution in [2.45, 2.75) is 31.8 Å². The van der Waals surface area contributed by atoms with Crippen LogP contribution in [0.3, 0.4) is 0 Å². The number of hydrogen-bond donors (Lipinski definition) is 3. The Bertz CT molecular complexity index is 1210. The van der Waals surface area contributed by atoms with E-state index in [2.05, 4.69) is 10.4 Å². The van der Waals surface area contributed by atoms with Crippen LogP contribution in [0.2, 0.25) is 0 Å². The summed E-state index contributed by atoms with van der Waals surface area (Å²) in [5.41, 5.74) is 3.10. The summed E-state index contributed by atoms with van der Waals surface area (Å²) in [4.78, 5) is 32.5. The smallest absolute Gasteiger partial charge is 0.324 e. The standard InChI is InChI=1S/C24H27FN3O4P/c1-4-24(5-2,33(30,31)32)19-7-6-8-21(15-19)27-22(29)14-11-18-16-26-28(3)23(18)17-9-12-20(25)13-10-17/h6-16H,4-5H2,1-3H3,(H,27,29)(H2,30,31,32)/b14-11+. The molecule has 0 atom stereocenters. The second-order valence-corrected chi connectivity index (χ2v) is 9.71. The minimum Gasteiger partial charge on any atom is -0.324 e. The molecular weight excluding hydrogens is 444 g/mol. The summed E-state index contributed by atoms with van der Waals surface area (Å²) in [5.74, 6) is -0.746. The molecule has 0 bridgehead atoms. The maximum atomic E-state index is 13.3. The number of amides is 1. The number of anilines is 1. The number of hydrogen-bond acceptors (Lipinski definition) is 3. The average Bonchev–Trinajstić information content (AvgIpc) is 3.14. The number of nitrogens with zero attached hydrogens (tertiary/aromatic N) is 2. The van der Waals surface area contributed by atoms with Gasteiger partial charge in [-0.3, -0.25) is 14.0 Å². The van der Waals surface area contributed by atoms with Gasteiger partial charge in [-0.25, -0.2) is 4.39 Å². The number of benzene rings is 2. The molecule has 33 heavy (non-hydrogen) atoms. The van der Waals surface area contributed by atoms with Crippen LogP contribution in [-0.2, 0) is 21.6 Å². The first-order chi connectivity index (χ1) is 15.6. The van der Waals surface area contributed by atoms with E-state index in [1.807, 2.05) is 0 Å². The largest absolute Gasteiger partial charge is 0.335 e. The second-order valence-electron chi connectivity index (χ2n) is 7.77. The van der Waals surface area contributed by atoms with Crippen LogP contribution in [0.4, 0.5) is 10.1 Å². The van der Waals surface area contributed by atoms with Crippen LogP contribution in [0, 0.1) is 5.82 Å². The molecule has 0 fully saturated rings. The Balaban J connectivity index is 1.82. The number of nitrogens with one attached hydrogen (secondary N) is 1. The number of halogens is 1. The van der Waals surface area contributed by atoms with Gasteiger partial charge in [0.05, 0.1) is 17.0 Å². The van der Waals surface area contributed by atoms with E-state index in [-0.39, 0.29) is 18.7 Å². The third-order valence-corrected chi connectivity index (χ3v) is 7.90. The van der Waals surface area contributed by atoms with Gasteiger partial charge in [-0.2, -0.15) is 5.10 Å². The molecule has 0 radical (unpaired) electrons. The van der Waals surface area contributed by atoms with Gasteiger partial charge in [-0.15, -0.1) is 0 Å². The van der Waals surface area contributed by atoms with E-state index < -0.39 is 18.7 Å².